The van der Waals surface area contributed by atoms with Gasteiger partial charge in [-0.25, -0.2) is 0 Å². The first-order valence-corrected chi connectivity index (χ1v) is 8.23. The highest BCUT2D eigenvalue weighted by Crippen LogP contribution is 2.24. The third-order valence-corrected chi connectivity index (χ3v) is 4.81. The zero-order chi connectivity index (χ0) is 17.6. The number of carbonyl (C=O) groups is 3. The summed E-state index contributed by atoms with van der Waals surface area (Å²) in [5.41, 5.74) is 2.75. The van der Waals surface area contributed by atoms with Gasteiger partial charge in [-0.2, -0.15) is 0 Å². The third kappa shape index (κ3) is 2.52. The van der Waals surface area contributed by atoms with Crippen LogP contribution in [0.5, 0.6) is 0 Å². The van der Waals surface area contributed by atoms with Gasteiger partial charge in [0.25, 0.3) is 11.8 Å². The topological polar surface area (TPSA) is 83.7 Å². The van der Waals surface area contributed by atoms with E-state index in [0.717, 1.165) is 21.9 Å². The first-order valence-electron chi connectivity index (χ1n) is 8.23. The average molecular weight is 339 g/mol. The Morgan fingerprint density at radius 3 is 2.56 bits per heavy atom. The molecule has 0 spiro atoms. The Morgan fingerprint density at radius 2 is 1.88 bits per heavy atom. The number of carbonyl (C=O) groups excluding carboxylic acids is 3. The SMILES string of the molecule is Cc1noc2c1CCN(C(=O)CCN1C(=O)c3ccccc3C1=O)C2. The lowest BCUT2D eigenvalue weighted by Crippen LogP contribution is -2.39. The molecule has 0 fully saturated rings. The minimum absolute atomic E-state index is 0.0873. The Kier molecular flexibility index (Phi) is 3.63. The fourth-order valence-electron chi connectivity index (χ4n) is 3.40. The molecule has 25 heavy (non-hydrogen) atoms. The van der Waals surface area contributed by atoms with Crippen LogP contribution in [-0.4, -0.2) is 45.8 Å². The molecule has 0 saturated heterocycles. The van der Waals surface area contributed by atoms with Gasteiger partial charge in [-0.1, -0.05) is 17.3 Å². The van der Waals surface area contributed by atoms with Crippen molar-refractivity contribution in [3.63, 3.8) is 0 Å². The first-order chi connectivity index (χ1) is 12.1. The van der Waals surface area contributed by atoms with E-state index in [4.69, 9.17) is 4.52 Å². The van der Waals surface area contributed by atoms with Gasteiger partial charge >= 0.3 is 0 Å². The molecule has 1 aromatic carbocycles. The summed E-state index contributed by atoms with van der Waals surface area (Å²) in [5, 5.41) is 3.93. The second-order valence-corrected chi connectivity index (χ2v) is 6.29. The fourth-order valence-corrected chi connectivity index (χ4v) is 3.40. The van der Waals surface area contributed by atoms with Gasteiger partial charge in [0, 0.05) is 25.1 Å². The molecule has 128 valence electrons. The molecular formula is C18H17N3O4. The molecule has 0 saturated carbocycles. The van der Waals surface area contributed by atoms with Crippen LogP contribution in [0.4, 0.5) is 0 Å². The van der Waals surface area contributed by atoms with Crippen molar-refractivity contribution in [3.05, 3.63) is 52.4 Å². The molecule has 7 nitrogen and oxygen atoms in total. The molecule has 0 bridgehead atoms. The number of imide groups is 1. The van der Waals surface area contributed by atoms with Crippen LogP contribution in [0.25, 0.3) is 0 Å². The summed E-state index contributed by atoms with van der Waals surface area (Å²) >= 11 is 0. The summed E-state index contributed by atoms with van der Waals surface area (Å²) in [4.78, 5) is 39.9. The van der Waals surface area contributed by atoms with Gasteiger partial charge in [-0.3, -0.25) is 19.3 Å². The van der Waals surface area contributed by atoms with E-state index in [-0.39, 0.29) is 30.7 Å². The Morgan fingerprint density at radius 1 is 1.20 bits per heavy atom. The molecule has 2 aliphatic heterocycles. The second kappa shape index (κ2) is 5.84. The Balaban J connectivity index is 1.40. The zero-order valence-corrected chi connectivity index (χ0v) is 13.8. The molecule has 1 aromatic heterocycles. The summed E-state index contributed by atoms with van der Waals surface area (Å²) in [6, 6.07) is 6.72. The summed E-state index contributed by atoms with van der Waals surface area (Å²) in [6.45, 7) is 2.96. The average Bonchev–Trinajstić information content (AvgIpc) is 3.12. The van der Waals surface area contributed by atoms with E-state index in [9.17, 15) is 14.4 Å². The normalized spacial score (nSPS) is 16.2. The molecule has 2 aliphatic rings. The number of amides is 3. The van der Waals surface area contributed by atoms with E-state index in [1.807, 2.05) is 6.92 Å². The van der Waals surface area contributed by atoms with Crippen LogP contribution >= 0.6 is 0 Å². The number of benzene rings is 1. The third-order valence-electron chi connectivity index (χ3n) is 4.81. The van der Waals surface area contributed by atoms with Gasteiger partial charge in [0.1, 0.15) is 0 Å². The van der Waals surface area contributed by atoms with Crippen LogP contribution < -0.4 is 0 Å². The molecule has 3 amide bonds. The molecule has 0 N–H and O–H groups in total. The standard InChI is InChI=1S/C18H17N3O4/c1-11-12-6-8-20(10-15(12)25-19-11)16(22)7-9-21-17(23)13-4-2-3-5-14(13)18(21)24/h2-5H,6-10H2,1H3. The van der Waals surface area contributed by atoms with Crippen molar-refractivity contribution in [3.8, 4) is 0 Å². The van der Waals surface area contributed by atoms with Crippen LogP contribution in [-0.2, 0) is 17.8 Å². The van der Waals surface area contributed by atoms with Gasteiger partial charge < -0.3 is 9.42 Å². The molecule has 0 aliphatic carbocycles. The molecule has 3 heterocycles. The summed E-state index contributed by atoms with van der Waals surface area (Å²) in [6.07, 6.45) is 0.817. The van der Waals surface area contributed by atoms with E-state index in [1.54, 1.807) is 29.2 Å². The van der Waals surface area contributed by atoms with Crippen LogP contribution in [0.3, 0.4) is 0 Å². The predicted octanol–water partition coefficient (Wildman–Crippen LogP) is 1.55. The lowest BCUT2D eigenvalue weighted by atomic mass is 10.1. The lowest BCUT2D eigenvalue weighted by molar-refractivity contribution is -0.132. The van der Waals surface area contributed by atoms with Crippen LogP contribution in [0.2, 0.25) is 0 Å². The monoisotopic (exact) mass is 339 g/mol. The highest BCUT2D eigenvalue weighted by Gasteiger charge is 2.35. The van der Waals surface area contributed by atoms with Gasteiger partial charge in [-0.15, -0.1) is 0 Å². The fraction of sp³-hybridized carbons (Fsp3) is 0.333. The summed E-state index contributed by atoms with van der Waals surface area (Å²) in [5.74, 6) is -0.0468. The molecule has 7 heteroatoms. The van der Waals surface area contributed by atoms with E-state index in [1.165, 1.54) is 0 Å². The summed E-state index contributed by atoms with van der Waals surface area (Å²) < 4.78 is 5.26. The van der Waals surface area contributed by atoms with E-state index >= 15 is 0 Å². The van der Waals surface area contributed by atoms with Gasteiger partial charge in [0.15, 0.2) is 5.76 Å². The molecule has 0 radical (unpaired) electrons. The maximum absolute atomic E-state index is 12.5. The van der Waals surface area contributed by atoms with Crippen molar-refractivity contribution in [1.29, 1.82) is 0 Å². The number of hydrogen-bond donors (Lipinski definition) is 0. The Bertz CT molecular complexity index is 851. The lowest BCUT2D eigenvalue weighted by Gasteiger charge is -2.26. The maximum Gasteiger partial charge on any atom is 0.261 e. The first kappa shape index (κ1) is 15.6. The number of aromatic nitrogens is 1. The minimum atomic E-state index is -0.333. The maximum atomic E-state index is 12.5. The van der Waals surface area contributed by atoms with E-state index in [0.29, 0.717) is 30.6 Å². The predicted molar refractivity (Wildman–Crippen MR) is 86.8 cm³/mol. The Hall–Kier alpha value is -2.96. The molecule has 0 atom stereocenters. The van der Waals surface area contributed by atoms with E-state index < -0.39 is 0 Å². The van der Waals surface area contributed by atoms with Crippen molar-refractivity contribution in [2.45, 2.75) is 26.3 Å². The molecule has 4 rings (SSSR count). The smallest absolute Gasteiger partial charge is 0.261 e. The molecule has 0 unspecified atom stereocenters. The van der Waals surface area contributed by atoms with Gasteiger partial charge in [0.2, 0.25) is 5.91 Å². The van der Waals surface area contributed by atoms with Crippen LogP contribution in [0.15, 0.2) is 28.8 Å². The zero-order valence-electron chi connectivity index (χ0n) is 13.8. The highest BCUT2D eigenvalue weighted by molar-refractivity contribution is 6.21. The van der Waals surface area contributed by atoms with Crippen molar-refractivity contribution >= 4 is 17.7 Å². The van der Waals surface area contributed by atoms with Gasteiger partial charge in [0.05, 0.1) is 23.4 Å². The molecule has 2 aromatic rings. The number of hydrogen-bond acceptors (Lipinski definition) is 5. The number of aryl methyl sites for hydroxylation is 1. The summed E-state index contributed by atoms with van der Waals surface area (Å²) in [7, 11) is 0. The van der Waals surface area contributed by atoms with Gasteiger partial charge in [-0.05, 0) is 25.5 Å². The van der Waals surface area contributed by atoms with Crippen molar-refractivity contribution in [2.24, 2.45) is 0 Å². The molecular weight excluding hydrogens is 322 g/mol. The minimum Gasteiger partial charge on any atom is -0.359 e. The largest absolute Gasteiger partial charge is 0.359 e. The van der Waals surface area contributed by atoms with Crippen LogP contribution in [0, 0.1) is 6.92 Å². The Labute approximate surface area is 144 Å². The highest BCUT2D eigenvalue weighted by atomic mass is 16.5. The number of rotatable bonds is 3. The number of fused-ring (bicyclic) bond motifs is 2. The van der Waals surface area contributed by atoms with Crippen molar-refractivity contribution < 1.29 is 18.9 Å². The van der Waals surface area contributed by atoms with Crippen molar-refractivity contribution in [1.82, 2.24) is 15.0 Å². The second-order valence-electron chi connectivity index (χ2n) is 6.29. The van der Waals surface area contributed by atoms with E-state index in [2.05, 4.69) is 5.16 Å². The quantitative estimate of drug-likeness (QED) is 0.792. The number of nitrogens with zero attached hydrogens (tertiary/aromatic N) is 3. The van der Waals surface area contributed by atoms with Crippen molar-refractivity contribution in [2.75, 3.05) is 13.1 Å². The van der Waals surface area contributed by atoms with Crippen LogP contribution in [0.1, 0.15) is 44.2 Å².